The zero-order chi connectivity index (χ0) is 15.3. The SMILES string of the molecule is COc1ccc(CN[C@H]2[C@@H]3[C@H]4C[C@H]5[C@@H]3C[C@@H]3[C@@H]5[C@H]4[C@H]32)cc1OC.Cl. The molecule has 6 rings (SSSR count). The number of rotatable bonds is 5. The maximum Gasteiger partial charge on any atom is 0.161 e. The first kappa shape index (κ1) is 15.3. The van der Waals surface area contributed by atoms with Crippen LogP contribution in [-0.4, -0.2) is 20.3 Å². The van der Waals surface area contributed by atoms with Crippen LogP contribution in [0.15, 0.2) is 18.2 Å². The van der Waals surface area contributed by atoms with Crippen LogP contribution in [0, 0.1) is 47.3 Å². The third-order valence-corrected chi connectivity index (χ3v) is 8.31. The Hall–Kier alpha value is -0.930. The van der Waals surface area contributed by atoms with Crippen LogP contribution in [0.1, 0.15) is 18.4 Å². The van der Waals surface area contributed by atoms with Crippen molar-refractivity contribution >= 4 is 12.4 Å². The van der Waals surface area contributed by atoms with E-state index in [0.29, 0.717) is 0 Å². The molecule has 3 nitrogen and oxygen atoms in total. The summed E-state index contributed by atoms with van der Waals surface area (Å²) in [5, 5.41) is 3.97. The maximum absolute atomic E-state index is 5.44. The van der Waals surface area contributed by atoms with E-state index in [-0.39, 0.29) is 12.4 Å². The van der Waals surface area contributed by atoms with E-state index in [4.69, 9.17) is 9.47 Å². The Morgan fingerprint density at radius 2 is 1.58 bits per heavy atom. The van der Waals surface area contributed by atoms with Gasteiger partial charge in [0, 0.05) is 12.6 Å². The van der Waals surface area contributed by atoms with Gasteiger partial charge in [-0.3, -0.25) is 0 Å². The zero-order valence-corrected chi connectivity index (χ0v) is 15.1. The average molecular weight is 348 g/mol. The number of benzene rings is 1. The number of fused-ring (bicyclic) bond motifs is 2. The molecule has 24 heavy (non-hydrogen) atoms. The fourth-order valence-corrected chi connectivity index (χ4v) is 7.97. The van der Waals surface area contributed by atoms with Crippen LogP contribution in [0.4, 0.5) is 0 Å². The van der Waals surface area contributed by atoms with Crippen LogP contribution in [0.25, 0.3) is 0 Å². The van der Waals surface area contributed by atoms with Gasteiger partial charge in [0.25, 0.3) is 0 Å². The lowest BCUT2D eigenvalue weighted by Crippen LogP contribution is -2.51. The van der Waals surface area contributed by atoms with Crippen molar-refractivity contribution < 1.29 is 9.47 Å². The summed E-state index contributed by atoms with van der Waals surface area (Å²) in [5.41, 5.74) is 1.31. The number of hydrogen-bond acceptors (Lipinski definition) is 3. The number of halogens is 1. The van der Waals surface area contributed by atoms with Gasteiger partial charge in [-0.1, -0.05) is 6.07 Å². The molecule has 0 unspecified atom stereocenters. The van der Waals surface area contributed by atoms with Crippen LogP contribution >= 0.6 is 12.4 Å². The number of ether oxygens (including phenoxy) is 2. The van der Waals surface area contributed by atoms with Crippen molar-refractivity contribution in [1.82, 2.24) is 5.32 Å². The molecule has 4 heteroatoms. The van der Waals surface area contributed by atoms with E-state index in [9.17, 15) is 0 Å². The van der Waals surface area contributed by atoms with Gasteiger partial charge in [-0.25, -0.2) is 0 Å². The summed E-state index contributed by atoms with van der Waals surface area (Å²) in [4.78, 5) is 0. The number of nitrogens with one attached hydrogen (secondary N) is 1. The molecule has 0 aromatic heterocycles. The van der Waals surface area contributed by atoms with Crippen LogP contribution in [0.2, 0.25) is 0 Å². The second kappa shape index (κ2) is 5.04. The summed E-state index contributed by atoms with van der Waals surface area (Å²) in [6, 6.07) is 7.11. The molecule has 1 aromatic rings. The fraction of sp³-hybridized carbons (Fsp3) is 0.700. The molecule has 9 atom stereocenters. The van der Waals surface area contributed by atoms with Gasteiger partial charge in [-0.2, -0.15) is 0 Å². The summed E-state index contributed by atoms with van der Waals surface area (Å²) in [6.07, 6.45) is 3.15. The quantitative estimate of drug-likeness (QED) is 0.886. The highest BCUT2D eigenvalue weighted by Gasteiger charge is 2.80. The average Bonchev–Trinajstić information content (AvgIpc) is 3.12. The molecule has 5 fully saturated rings. The van der Waals surface area contributed by atoms with Crippen molar-refractivity contribution in [2.45, 2.75) is 25.4 Å². The summed E-state index contributed by atoms with van der Waals surface area (Å²) in [6.45, 7) is 0.965. The normalized spacial score (nSPS) is 47.7. The Morgan fingerprint density at radius 3 is 2.33 bits per heavy atom. The van der Waals surface area contributed by atoms with E-state index in [1.54, 1.807) is 27.1 Å². The lowest BCUT2D eigenvalue weighted by atomic mass is 9.59. The molecular formula is C20H26ClNO2. The highest BCUT2D eigenvalue weighted by molar-refractivity contribution is 5.85. The second-order valence-corrected chi connectivity index (χ2v) is 8.53. The van der Waals surface area contributed by atoms with Crippen molar-refractivity contribution in [3.8, 4) is 11.5 Å². The molecule has 0 heterocycles. The Balaban J connectivity index is 0.00000131. The minimum Gasteiger partial charge on any atom is -0.493 e. The van der Waals surface area contributed by atoms with Gasteiger partial charge in [-0.15, -0.1) is 12.4 Å². The zero-order valence-electron chi connectivity index (χ0n) is 14.3. The molecule has 0 amide bonds. The van der Waals surface area contributed by atoms with E-state index in [1.807, 2.05) is 6.07 Å². The topological polar surface area (TPSA) is 30.5 Å². The maximum atomic E-state index is 5.44. The predicted octanol–water partition coefficient (Wildman–Crippen LogP) is 3.36. The van der Waals surface area contributed by atoms with Gasteiger partial charge in [0.05, 0.1) is 14.2 Å². The van der Waals surface area contributed by atoms with E-state index in [1.165, 1.54) is 5.56 Å². The largest absolute Gasteiger partial charge is 0.493 e. The third-order valence-electron chi connectivity index (χ3n) is 8.31. The van der Waals surface area contributed by atoms with Crippen LogP contribution in [0.3, 0.4) is 0 Å². The summed E-state index contributed by atoms with van der Waals surface area (Å²) < 4.78 is 10.8. The molecule has 0 aliphatic heterocycles. The van der Waals surface area contributed by atoms with Crippen molar-refractivity contribution in [2.75, 3.05) is 14.2 Å². The molecule has 5 aliphatic carbocycles. The second-order valence-electron chi connectivity index (χ2n) is 8.53. The third kappa shape index (κ3) is 1.59. The molecule has 130 valence electrons. The van der Waals surface area contributed by atoms with Crippen LogP contribution < -0.4 is 14.8 Å². The van der Waals surface area contributed by atoms with Gasteiger partial charge in [0.1, 0.15) is 0 Å². The van der Waals surface area contributed by atoms with Gasteiger partial charge >= 0.3 is 0 Å². The molecule has 1 N–H and O–H groups in total. The molecule has 1 aromatic carbocycles. The van der Waals surface area contributed by atoms with Gasteiger partial charge in [0.15, 0.2) is 11.5 Å². The molecule has 2 bridgehead atoms. The lowest BCUT2D eigenvalue weighted by molar-refractivity contribution is 0.00939. The van der Waals surface area contributed by atoms with Crippen molar-refractivity contribution in [3.63, 3.8) is 0 Å². The predicted molar refractivity (Wildman–Crippen MR) is 94.6 cm³/mol. The fourth-order valence-electron chi connectivity index (χ4n) is 7.97. The smallest absolute Gasteiger partial charge is 0.161 e. The van der Waals surface area contributed by atoms with Crippen molar-refractivity contribution in [3.05, 3.63) is 23.8 Å². The first-order valence-electron chi connectivity index (χ1n) is 9.26. The van der Waals surface area contributed by atoms with Crippen molar-refractivity contribution in [2.24, 2.45) is 47.3 Å². The van der Waals surface area contributed by atoms with Gasteiger partial charge in [-0.05, 0) is 77.9 Å². The van der Waals surface area contributed by atoms with Gasteiger partial charge < -0.3 is 14.8 Å². The van der Waals surface area contributed by atoms with E-state index in [2.05, 4.69) is 17.4 Å². The molecule has 5 aliphatic rings. The van der Waals surface area contributed by atoms with Crippen LogP contribution in [0.5, 0.6) is 11.5 Å². The highest BCUT2D eigenvalue weighted by Crippen LogP contribution is 2.82. The molecular weight excluding hydrogens is 322 g/mol. The minimum absolute atomic E-state index is 0. The standard InChI is InChI=1S/C20H25NO2.ClH/c1-22-14-4-3-9(5-15(14)23-2)8-21-20-17-11-7-12-16-10(11)6-13(17)18(16)19(12)20;/h3-5,10-13,16-21H,6-8H2,1-2H3;1H/t10-,11-,12+,13+,16+,17-,18-,19-,20-;/m0./s1. The van der Waals surface area contributed by atoms with Crippen molar-refractivity contribution in [1.29, 1.82) is 0 Å². The molecule has 0 spiro atoms. The summed E-state index contributed by atoms with van der Waals surface area (Å²) in [7, 11) is 3.41. The lowest BCUT2D eigenvalue weighted by Gasteiger charge is -2.48. The highest BCUT2D eigenvalue weighted by atomic mass is 35.5. The summed E-state index contributed by atoms with van der Waals surface area (Å²) in [5.74, 6) is 10.3. The van der Waals surface area contributed by atoms with Gasteiger partial charge in [0.2, 0.25) is 0 Å². The first-order chi connectivity index (χ1) is 11.3. The Kier molecular flexibility index (Phi) is 3.22. The van der Waals surface area contributed by atoms with E-state index < -0.39 is 0 Å². The Labute approximate surface area is 149 Å². The number of hydrogen-bond donors (Lipinski definition) is 1. The molecule has 5 saturated carbocycles. The summed E-state index contributed by atoms with van der Waals surface area (Å²) >= 11 is 0. The monoisotopic (exact) mass is 347 g/mol. The Bertz CT molecular complexity index is 674. The number of methoxy groups -OCH3 is 2. The Morgan fingerprint density at radius 1 is 0.875 bits per heavy atom. The first-order valence-corrected chi connectivity index (χ1v) is 9.26. The molecule has 0 radical (unpaired) electrons. The van der Waals surface area contributed by atoms with Crippen LogP contribution in [-0.2, 0) is 6.54 Å². The molecule has 0 saturated heterocycles. The van der Waals surface area contributed by atoms with E-state index >= 15 is 0 Å². The van der Waals surface area contributed by atoms with E-state index in [0.717, 1.165) is 71.4 Å². The minimum atomic E-state index is 0.